The van der Waals surface area contributed by atoms with Crippen molar-refractivity contribution in [3.8, 4) is 0 Å². The minimum Gasteiger partial charge on any atom is -0.466 e. The number of halogens is 2. The van der Waals surface area contributed by atoms with Gasteiger partial charge in [0.15, 0.2) is 0 Å². The van der Waals surface area contributed by atoms with E-state index in [4.69, 9.17) is 32.7 Å². The highest BCUT2D eigenvalue weighted by atomic mass is 35.5. The number of rotatable bonds is 5. The predicted octanol–water partition coefficient (Wildman–Crippen LogP) is 3.15. The number of nitrogens with zero attached hydrogens (tertiary/aromatic N) is 1. The molecule has 6 nitrogen and oxygen atoms in total. The second-order valence-electron chi connectivity index (χ2n) is 5.15. The smallest absolute Gasteiger partial charge is 0.337 e. The minimum absolute atomic E-state index is 0.281. The number of esters is 1. The Morgan fingerprint density at radius 1 is 1.29 bits per heavy atom. The van der Waals surface area contributed by atoms with Gasteiger partial charge in [-0.3, -0.25) is 4.90 Å². The summed E-state index contributed by atoms with van der Waals surface area (Å²) in [5, 5.41) is 3.48. The Morgan fingerprint density at radius 2 is 1.92 bits per heavy atom. The van der Waals surface area contributed by atoms with Gasteiger partial charge in [-0.15, -0.1) is 0 Å². The summed E-state index contributed by atoms with van der Waals surface area (Å²) < 4.78 is 9.90. The molecule has 1 aliphatic heterocycles. The van der Waals surface area contributed by atoms with Crippen molar-refractivity contribution in [1.29, 1.82) is 0 Å². The average molecular weight is 373 g/mol. The van der Waals surface area contributed by atoms with Gasteiger partial charge in [-0.1, -0.05) is 29.3 Å². The zero-order valence-corrected chi connectivity index (χ0v) is 15.1. The van der Waals surface area contributed by atoms with Gasteiger partial charge < -0.3 is 14.8 Å². The van der Waals surface area contributed by atoms with Gasteiger partial charge in [-0.05, 0) is 19.1 Å². The molecule has 0 bridgehead atoms. The molecule has 1 aromatic rings. The van der Waals surface area contributed by atoms with Crippen LogP contribution in [0.1, 0.15) is 18.5 Å². The van der Waals surface area contributed by atoms with Crippen LogP contribution in [0.2, 0.25) is 10.0 Å². The van der Waals surface area contributed by atoms with Gasteiger partial charge in [0, 0.05) is 28.4 Å². The van der Waals surface area contributed by atoms with Crippen LogP contribution in [0.25, 0.3) is 0 Å². The Morgan fingerprint density at radius 3 is 2.46 bits per heavy atom. The lowest BCUT2D eigenvalue weighted by Crippen LogP contribution is -2.49. The standard InChI is InChI=1S/C16H18Cl2N2O4/c1-9-12(15(21)24-3)14(13-10(17)5-4-6-11(13)18)19-16(22)20(9)7-8-23-2/h4-6,14H,7-8H2,1-3H3,(H,19,22)/t14-/m1/s1. The van der Waals surface area contributed by atoms with Crippen molar-refractivity contribution in [3.63, 3.8) is 0 Å². The van der Waals surface area contributed by atoms with E-state index in [-0.39, 0.29) is 11.6 Å². The summed E-state index contributed by atoms with van der Waals surface area (Å²) in [5.41, 5.74) is 1.21. The summed E-state index contributed by atoms with van der Waals surface area (Å²) in [4.78, 5) is 26.2. The normalized spacial score (nSPS) is 17.8. The number of carbonyl (C=O) groups is 2. The Labute approximate surface area is 150 Å². The number of methoxy groups -OCH3 is 2. The molecule has 1 N–H and O–H groups in total. The molecule has 0 saturated heterocycles. The number of benzene rings is 1. The Balaban J connectivity index is 2.57. The minimum atomic E-state index is -0.787. The Bertz CT molecular complexity index is 670. The lowest BCUT2D eigenvalue weighted by Gasteiger charge is -2.35. The molecule has 2 rings (SSSR count). The summed E-state index contributed by atoms with van der Waals surface area (Å²) in [6.07, 6.45) is 0. The third kappa shape index (κ3) is 3.50. The second kappa shape index (κ2) is 7.88. The number of nitrogens with one attached hydrogen (secondary N) is 1. The van der Waals surface area contributed by atoms with Crippen LogP contribution >= 0.6 is 23.2 Å². The van der Waals surface area contributed by atoms with E-state index in [1.807, 2.05) is 0 Å². The number of allylic oxidation sites excluding steroid dienone is 1. The number of urea groups is 1. The van der Waals surface area contributed by atoms with Gasteiger partial charge in [0.2, 0.25) is 0 Å². The molecule has 0 aliphatic carbocycles. The van der Waals surface area contributed by atoms with E-state index in [0.717, 1.165) is 0 Å². The number of amides is 2. The molecule has 0 unspecified atom stereocenters. The summed E-state index contributed by atoms with van der Waals surface area (Å²) >= 11 is 12.5. The SMILES string of the molecule is COCCN1C(=O)N[C@@H](c2c(Cl)cccc2Cl)C(C(=O)OC)=C1C. The Kier molecular flexibility index (Phi) is 6.10. The maximum absolute atomic E-state index is 12.5. The molecule has 0 saturated carbocycles. The topological polar surface area (TPSA) is 67.9 Å². The van der Waals surface area contributed by atoms with Crippen LogP contribution in [0.15, 0.2) is 29.5 Å². The van der Waals surface area contributed by atoms with Crippen LogP contribution in [0.5, 0.6) is 0 Å². The maximum atomic E-state index is 12.5. The highest BCUT2D eigenvalue weighted by Gasteiger charge is 2.37. The van der Waals surface area contributed by atoms with Gasteiger partial charge >= 0.3 is 12.0 Å². The third-order valence-electron chi connectivity index (χ3n) is 3.81. The maximum Gasteiger partial charge on any atom is 0.337 e. The third-order valence-corrected chi connectivity index (χ3v) is 4.47. The van der Waals surface area contributed by atoms with Crippen LogP contribution in [0, 0.1) is 0 Å². The molecule has 0 radical (unpaired) electrons. The van der Waals surface area contributed by atoms with E-state index in [2.05, 4.69) is 5.32 Å². The predicted molar refractivity (Wildman–Crippen MR) is 91.0 cm³/mol. The summed E-state index contributed by atoms with van der Waals surface area (Å²) in [6.45, 7) is 2.31. The molecule has 1 aliphatic rings. The average Bonchev–Trinajstić information content (AvgIpc) is 2.54. The van der Waals surface area contributed by atoms with Gasteiger partial charge in [0.25, 0.3) is 0 Å². The van der Waals surface area contributed by atoms with Crippen molar-refractivity contribution in [3.05, 3.63) is 45.1 Å². The van der Waals surface area contributed by atoms with E-state index in [1.54, 1.807) is 25.1 Å². The van der Waals surface area contributed by atoms with Gasteiger partial charge in [-0.2, -0.15) is 0 Å². The molecule has 0 spiro atoms. The van der Waals surface area contributed by atoms with E-state index < -0.39 is 12.0 Å². The van der Waals surface area contributed by atoms with E-state index in [9.17, 15) is 9.59 Å². The van der Waals surface area contributed by atoms with Crippen LogP contribution in [-0.2, 0) is 14.3 Å². The van der Waals surface area contributed by atoms with Crippen LogP contribution in [-0.4, -0.2) is 44.3 Å². The number of hydrogen-bond acceptors (Lipinski definition) is 4. The molecule has 1 heterocycles. The number of ether oxygens (including phenoxy) is 2. The van der Waals surface area contributed by atoms with Gasteiger partial charge in [-0.25, -0.2) is 9.59 Å². The van der Waals surface area contributed by atoms with E-state index in [1.165, 1.54) is 19.1 Å². The lowest BCUT2D eigenvalue weighted by atomic mass is 9.94. The fourth-order valence-corrected chi connectivity index (χ4v) is 3.23. The number of carbonyl (C=O) groups excluding carboxylic acids is 2. The lowest BCUT2D eigenvalue weighted by molar-refractivity contribution is -0.136. The highest BCUT2D eigenvalue weighted by Crippen LogP contribution is 2.38. The number of hydrogen-bond donors (Lipinski definition) is 1. The van der Waals surface area contributed by atoms with Crippen LogP contribution in [0.3, 0.4) is 0 Å². The summed E-state index contributed by atoms with van der Waals surface area (Å²) in [7, 11) is 2.82. The fraction of sp³-hybridized carbons (Fsp3) is 0.375. The van der Waals surface area contributed by atoms with Gasteiger partial charge in [0.05, 0.1) is 31.9 Å². The molecular weight excluding hydrogens is 355 g/mol. The van der Waals surface area contributed by atoms with Crippen molar-refractivity contribution in [1.82, 2.24) is 10.2 Å². The first-order chi connectivity index (χ1) is 11.4. The van der Waals surface area contributed by atoms with Crippen LogP contribution < -0.4 is 5.32 Å². The van der Waals surface area contributed by atoms with E-state index in [0.29, 0.717) is 34.5 Å². The molecule has 130 valence electrons. The molecule has 1 atom stereocenters. The molecule has 1 aromatic carbocycles. The molecule has 8 heteroatoms. The van der Waals surface area contributed by atoms with Gasteiger partial charge in [0.1, 0.15) is 0 Å². The molecule has 2 amide bonds. The fourth-order valence-electron chi connectivity index (χ4n) is 2.61. The van der Waals surface area contributed by atoms with Crippen LogP contribution in [0.4, 0.5) is 4.79 Å². The first kappa shape index (κ1) is 18.6. The van der Waals surface area contributed by atoms with Crippen molar-refractivity contribution in [2.75, 3.05) is 27.4 Å². The van der Waals surface area contributed by atoms with E-state index >= 15 is 0 Å². The largest absolute Gasteiger partial charge is 0.466 e. The monoisotopic (exact) mass is 372 g/mol. The highest BCUT2D eigenvalue weighted by molar-refractivity contribution is 6.36. The summed E-state index contributed by atoms with van der Waals surface area (Å²) in [5.74, 6) is -0.559. The van der Waals surface area contributed by atoms with Crippen molar-refractivity contribution >= 4 is 35.2 Å². The zero-order valence-electron chi connectivity index (χ0n) is 13.6. The molecule has 24 heavy (non-hydrogen) atoms. The van der Waals surface area contributed by atoms with Crippen molar-refractivity contribution in [2.24, 2.45) is 0 Å². The molecule has 0 fully saturated rings. The first-order valence-electron chi connectivity index (χ1n) is 7.22. The molecule has 0 aromatic heterocycles. The summed E-state index contributed by atoms with van der Waals surface area (Å²) in [6, 6.07) is 3.84. The first-order valence-corrected chi connectivity index (χ1v) is 7.97. The van der Waals surface area contributed by atoms with Crippen molar-refractivity contribution in [2.45, 2.75) is 13.0 Å². The quantitative estimate of drug-likeness (QED) is 0.806. The molecular formula is C16H18Cl2N2O4. The Hall–Kier alpha value is -1.76. The van der Waals surface area contributed by atoms with Crippen molar-refractivity contribution < 1.29 is 19.1 Å². The zero-order chi connectivity index (χ0) is 17.9. The second-order valence-corrected chi connectivity index (χ2v) is 5.97.